The van der Waals surface area contributed by atoms with Crippen LogP contribution in [0.5, 0.6) is 5.75 Å². The molecule has 0 heterocycles. The fourth-order valence-electron chi connectivity index (χ4n) is 2.05. The SMILES string of the molecule is CCC(CCO)NC(CN)c1ccc(OC)c(F)c1. The van der Waals surface area contributed by atoms with Crippen molar-refractivity contribution in [2.45, 2.75) is 31.8 Å². The van der Waals surface area contributed by atoms with E-state index in [1.807, 2.05) is 6.92 Å². The first kappa shape index (κ1) is 15.9. The van der Waals surface area contributed by atoms with Crippen LogP contribution in [-0.2, 0) is 0 Å². The summed E-state index contributed by atoms with van der Waals surface area (Å²) in [4.78, 5) is 0. The van der Waals surface area contributed by atoms with Gasteiger partial charge in [-0.25, -0.2) is 4.39 Å². The minimum Gasteiger partial charge on any atom is -0.494 e. The number of aliphatic hydroxyl groups excluding tert-OH is 1. The minimum atomic E-state index is -0.393. The molecule has 1 aromatic rings. The van der Waals surface area contributed by atoms with E-state index >= 15 is 0 Å². The smallest absolute Gasteiger partial charge is 0.165 e. The van der Waals surface area contributed by atoms with E-state index < -0.39 is 5.82 Å². The summed E-state index contributed by atoms with van der Waals surface area (Å²) in [5, 5.41) is 12.3. The van der Waals surface area contributed by atoms with Crippen LogP contribution in [0, 0.1) is 5.82 Å². The van der Waals surface area contributed by atoms with E-state index in [0.29, 0.717) is 13.0 Å². The molecule has 0 aromatic heterocycles. The lowest BCUT2D eigenvalue weighted by atomic mass is 10.0. The van der Waals surface area contributed by atoms with Gasteiger partial charge in [0.2, 0.25) is 0 Å². The number of hydrogen-bond donors (Lipinski definition) is 3. The molecule has 0 aliphatic rings. The predicted octanol–water partition coefficient (Wildman–Crippen LogP) is 1.58. The number of benzene rings is 1. The maximum absolute atomic E-state index is 13.7. The lowest BCUT2D eigenvalue weighted by Crippen LogP contribution is -2.37. The number of aliphatic hydroxyl groups is 1. The first-order chi connectivity index (χ1) is 9.15. The van der Waals surface area contributed by atoms with Crippen LogP contribution in [0.4, 0.5) is 4.39 Å². The molecule has 0 radical (unpaired) electrons. The van der Waals surface area contributed by atoms with Gasteiger partial charge in [0.05, 0.1) is 7.11 Å². The highest BCUT2D eigenvalue weighted by Gasteiger charge is 2.16. The molecular formula is C14H23FN2O2. The monoisotopic (exact) mass is 270 g/mol. The zero-order chi connectivity index (χ0) is 14.3. The molecule has 0 saturated heterocycles. The van der Waals surface area contributed by atoms with Crippen molar-refractivity contribution >= 4 is 0 Å². The molecule has 4 nitrogen and oxygen atoms in total. The lowest BCUT2D eigenvalue weighted by molar-refractivity contribution is 0.255. The molecule has 0 saturated carbocycles. The highest BCUT2D eigenvalue weighted by Crippen LogP contribution is 2.22. The van der Waals surface area contributed by atoms with Crippen molar-refractivity contribution < 1.29 is 14.2 Å². The Labute approximate surface area is 113 Å². The zero-order valence-electron chi connectivity index (χ0n) is 11.5. The van der Waals surface area contributed by atoms with E-state index in [-0.39, 0.29) is 24.4 Å². The van der Waals surface area contributed by atoms with Gasteiger partial charge in [-0.15, -0.1) is 0 Å². The molecule has 108 valence electrons. The van der Waals surface area contributed by atoms with Gasteiger partial charge in [0, 0.05) is 25.2 Å². The van der Waals surface area contributed by atoms with Crippen molar-refractivity contribution in [3.05, 3.63) is 29.6 Å². The average molecular weight is 270 g/mol. The Bertz CT molecular complexity index is 388. The molecule has 2 unspecified atom stereocenters. The first-order valence-corrected chi connectivity index (χ1v) is 6.56. The van der Waals surface area contributed by atoms with E-state index in [9.17, 15) is 4.39 Å². The molecule has 1 rings (SSSR count). The maximum atomic E-state index is 13.7. The summed E-state index contributed by atoms with van der Waals surface area (Å²) in [6.07, 6.45) is 1.54. The minimum absolute atomic E-state index is 0.125. The average Bonchev–Trinajstić information content (AvgIpc) is 2.43. The van der Waals surface area contributed by atoms with Gasteiger partial charge in [-0.2, -0.15) is 0 Å². The highest BCUT2D eigenvalue weighted by atomic mass is 19.1. The number of halogens is 1. The fraction of sp³-hybridized carbons (Fsp3) is 0.571. The Morgan fingerprint density at radius 1 is 1.47 bits per heavy atom. The molecule has 0 amide bonds. The molecule has 0 bridgehead atoms. The molecule has 5 heteroatoms. The number of ether oxygens (including phenoxy) is 1. The quantitative estimate of drug-likeness (QED) is 0.671. The van der Waals surface area contributed by atoms with Crippen molar-refractivity contribution in [3.63, 3.8) is 0 Å². The Morgan fingerprint density at radius 3 is 2.68 bits per heavy atom. The van der Waals surface area contributed by atoms with E-state index in [1.165, 1.54) is 13.2 Å². The molecular weight excluding hydrogens is 247 g/mol. The van der Waals surface area contributed by atoms with Gasteiger partial charge in [0.1, 0.15) is 0 Å². The Morgan fingerprint density at radius 2 is 2.21 bits per heavy atom. The summed E-state index contributed by atoms with van der Waals surface area (Å²) in [6, 6.07) is 4.88. The topological polar surface area (TPSA) is 67.5 Å². The van der Waals surface area contributed by atoms with Crippen LogP contribution >= 0.6 is 0 Å². The maximum Gasteiger partial charge on any atom is 0.165 e. The predicted molar refractivity (Wildman–Crippen MR) is 73.7 cm³/mol. The molecule has 4 N–H and O–H groups in total. The second-order valence-corrected chi connectivity index (χ2v) is 4.47. The largest absolute Gasteiger partial charge is 0.494 e. The number of rotatable bonds is 8. The summed E-state index contributed by atoms with van der Waals surface area (Å²) in [5.74, 6) is -0.169. The third kappa shape index (κ3) is 4.45. The zero-order valence-corrected chi connectivity index (χ0v) is 11.5. The van der Waals surface area contributed by atoms with Crippen LogP contribution in [0.25, 0.3) is 0 Å². The normalized spacial score (nSPS) is 14.2. The van der Waals surface area contributed by atoms with Gasteiger partial charge in [0.15, 0.2) is 11.6 Å². The van der Waals surface area contributed by atoms with E-state index in [0.717, 1.165) is 12.0 Å². The van der Waals surface area contributed by atoms with Gasteiger partial charge in [-0.1, -0.05) is 13.0 Å². The highest BCUT2D eigenvalue weighted by molar-refractivity contribution is 5.31. The number of hydrogen-bond acceptors (Lipinski definition) is 4. The van der Waals surface area contributed by atoms with E-state index in [4.69, 9.17) is 15.6 Å². The van der Waals surface area contributed by atoms with Crippen molar-refractivity contribution in [2.24, 2.45) is 5.73 Å². The van der Waals surface area contributed by atoms with Crippen LogP contribution in [-0.4, -0.2) is 31.4 Å². The van der Waals surface area contributed by atoms with E-state index in [1.54, 1.807) is 12.1 Å². The molecule has 19 heavy (non-hydrogen) atoms. The van der Waals surface area contributed by atoms with Crippen LogP contribution in [0.2, 0.25) is 0 Å². The molecule has 0 aliphatic heterocycles. The number of methoxy groups -OCH3 is 1. The summed E-state index contributed by atoms with van der Waals surface area (Å²) in [7, 11) is 1.44. The third-order valence-electron chi connectivity index (χ3n) is 3.22. The second-order valence-electron chi connectivity index (χ2n) is 4.47. The summed E-state index contributed by atoms with van der Waals surface area (Å²) >= 11 is 0. The summed E-state index contributed by atoms with van der Waals surface area (Å²) in [5.41, 5.74) is 6.53. The molecule has 0 fully saturated rings. The van der Waals surface area contributed by atoms with Gasteiger partial charge < -0.3 is 20.9 Å². The molecule has 0 aliphatic carbocycles. The van der Waals surface area contributed by atoms with Crippen molar-refractivity contribution in [3.8, 4) is 5.75 Å². The lowest BCUT2D eigenvalue weighted by Gasteiger charge is -2.24. The van der Waals surface area contributed by atoms with Crippen molar-refractivity contribution in [1.82, 2.24) is 5.32 Å². The standard InChI is InChI=1S/C14H23FN2O2/c1-3-11(6-7-18)17-13(9-16)10-4-5-14(19-2)12(15)8-10/h4-5,8,11,13,17-18H,3,6-7,9,16H2,1-2H3. The van der Waals surface area contributed by atoms with Gasteiger partial charge >= 0.3 is 0 Å². The van der Waals surface area contributed by atoms with Crippen molar-refractivity contribution in [2.75, 3.05) is 20.3 Å². The second kappa shape index (κ2) is 8.09. The number of nitrogens with two attached hydrogens (primary N) is 1. The van der Waals surface area contributed by atoms with Crippen LogP contribution in [0.1, 0.15) is 31.4 Å². The summed E-state index contributed by atoms with van der Waals surface area (Å²) < 4.78 is 18.6. The van der Waals surface area contributed by atoms with Gasteiger partial charge in [-0.3, -0.25) is 0 Å². The third-order valence-corrected chi connectivity index (χ3v) is 3.22. The summed E-state index contributed by atoms with van der Waals surface area (Å²) in [6.45, 7) is 2.53. The van der Waals surface area contributed by atoms with Crippen LogP contribution in [0.15, 0.2) is 18.2 Å². The fourth-order valence-corrected chi connectivity index (χ4v) is 2.05. The Balaban J connectivity index is 2.81. The van der Waals surface area contributed by atoms with Crippen molar-refractivity contribution in [1.29, 1.82) is 0 Å². The number of nitrogens with one attached hydrogen (secondary N) is 1. The van der Waals surface area contributed by atoms with E-state index in [2.05, 4.69) is 5.32 Å². The molecule has 0 spiro atoms. The first-order valence-electron chi connectivity index (χ1n) is 6.56. The van der Waals surface area contributed by atoms with Gasteiger partial charge in [0.25, 0.3) is 0 Å². The Kier molecular flexibility index (Phi) is 6.77. The van der Waals surface area contributed by atoms with Gasteiger partial charge in [-0.05, 0) is 30.5 Å². The molecule has 1 aromatic carbocycles. The molecule has 2 atom stereocenters. The van der Waals surface area contributed by atoms with Crippen LogP contribution in [0.3, 0.4) is 0 Å². The van der Waals surface area contributed by atoms with Crippen LogP contribution < -0.4 is 15.8 Å². The Hall–Kier alpha value is -1.17.